The van der Waals surface area contributed by atoms with Gasteiger partial charge in [0.15, 0.2) is 6.10 Å². The minimum atomic E-state index is -0.793. The molecule has 2 atom stereocenters. The molecule has 0 N–H and O–H groups in total. The van der Waals surface area contributed by atoms with Crippen molar-refractivity contribution in [2.75, 3.05) is 4.90 Å². The molecule has 1 aliphatic heterocycles. The number of amides is 1. The summed E-state index contributed by atoms with van der Waals surface area (Å²) in [7, 11) is 0. The van der Waals surface area contributed by atoms with Crippen LogP contribution in [-0.4, -0.2) is 24.0 Å². The Morgan fingerprint density at radius 2 is 2.04 bits per heavy atom. The summed E-state index contributed by atoms with van der Waals surface area (Å²) in [6, 6.07) is 9.93. The van der Waals surface area contributed by atoms with Gasteiger partial charge in [0, 0.05) is 16.6 Å². The minimum Gasteiger partial charge on any atom is -0.448 e. The van der Waals surface area contributed by atoms with Crippen molar-refractivity contribution < 1.29 is 14.3 Å². The Hall–Kier alpha value is -2.14. The summed E-state index contributed by atoms with van der Waals surface area (Å²) in [6.45, 7) is 3.69. The summed E-state index contributed by atoms with van der Waals surface area (Å²) < 4.78 is 5.49. The number of carbonyl (C=O) groups is 2. The fourth-order valence-electron chi connectivity index (χ4n) is 3.80. The van der Waals surface area contributed by atoms with Crippen LogP contribution in [0.2, 0.25) is 0 Å². The molecule has 1 aromatic heterocycles. The average Bonchev–Trinajstić information content (AvgIpc) is 3.25. The zero-order valence-electron chi connectivity index (χ0n) is 14.5. The summed E-state index contributed by atoms with van der Waals surface area (Å²) in [5.74, 6) is -0.546. The molecule has 4 nitrogen and oxygen atoms in total. The number of esters is 1. The first-order valence-electron chi connectivity index (χ1n) is 8.78. The summed E-state index contributed by atoms with van der Waals surface area (Å²) in [5, 5.41) is 0. The number of anilines is 1. The fourth-order valence-corrected chi connectivity index (χ4v) is 4.93. The van der Waals surface area contributed by atoms with Gasteiger partial charge in [0.25, 0.3) is 5.91 Å². The van der Waals surface area contributed by atoms with Crippen molar-refractivity contribution >= 4 is 28.9 Å². The van der Waals surface area contributed by atoms with Crippen LogP contribution in [0.4, 0.5) is 5.69 Å². The molecule has 0 spiro atoms. The molecule has 1 amide bonds. The van der Waals surface area contributed by atoms with Crippen molar-refractivity contribution in [3.8, 4) is 0 Å². The summed E-state index contributed by atoms with van der Waals surface area (Å²) in [4.78, 5) is 29.0. The van der Waals surface area contributed by atoms with Crippen molar-refractivity contribution in [2.45, 2.75) is 51.7 Å². The largest absolute Gasteiger partial charge is 0.448 e. The van der Waals surface area contributed by atoms with E-state index < -0.39 is 6.10 Å². The van der Waals surface area contributed by atoms with Crippen LogP contribution in [0.3, 0.4) is 0 Å². The smallest absolute Gasteiger partial charge is 0.349 e. The maximum Gasteiger partial charge on any atom is 0.349 e. The third-order valence-electron chi connectivity index (χ3n) is 5.02. The number of benzene rings is 1. The monoisotopic (exact) mass is 355 g/mol. The topological polar surface area (TPSA) is 46.6 Å². The molecule has 2 heterocycles. The lowest BCUT2D eigenvalue weighted by Crippen LogP contribution is -2.43. The van der Waals surface area contributed by atoms with Crippen molar-refractivity contribution in [1.29, 1.82) is 0 Å². The van der Waals surface area contributed by atoms with E-state index in [4.69, 9.17) is 4.74 Å². The van der Waals surface area contributed by atoms with E-state index in [9.17, 15) is 9.59 Å². The predicted molar refractivity (Wildman–Crippen MR) is 98.3 cm³/mol. The molecule has 5 heteroatoms. The molecule has 0 saturated heterocycles. The van der Waals surface area contributed by atoms with Gasteiger partial charge in [0.05, 0.1) is 0 Å². The van der Waals surface area contributed by atoms with E-state index in [1.807, 2.05) is 37.3 Å². The molecule has 25 heavy (non-hydrogen) atoms. The van der Waals surface area contributed by atoms with E-state index in [2.05, 4.69) is 0 Å². The van der Waals surface area contributed by atoms with Crippen molar-refractivity contribution in [1.82, 2.24) is 0 Å². The number of hydrogen-bond acceptors (Lipinski definition) is 4. The third-order valence-corrected chi connectivity index (χ3v) is 6.24. The SMILES string of the molecule is C[C@@H](OC(=O)c1cc2c(s1)CCC2)C(=O)N1c2ccccc2C[C@@H]1C. The maximum atomic E-state index is 12.9. The third kappa shape index (κ3) is 2.86. The Kier molecular flexibility index (Phi) is 4.12. The van der Waals surface area contributed by atoms with Crippen LogP contribution in [0.25, 0.3) is 0 Å². The normalized spacial score (nSPS) is 19.4. The lowest BCUT2D eigenvalue weighted by Gasteiger charge is -2.25. The van der Waals surface area contributed by atoms with E-state index in [-0.39, 0.29) is 17.9 Å². The van der Waals surface area contributed by atoms with E-state index in [1.165, 1.54) is 21.8 Å². The molecule has 0 radical (unpaired) electrons. The lowest BCUT2D eigenvalue weighted by atomic mass is 10.1. The highest BCUT2D eigenvalue weighted by Crippen LogP contribution is 2.33. The van der Waals surface area contributed by atoms with Gasteiger partial charge < -0.3 is 9.64 Å². The van der Waals surface area contributed by atoms with E-state index in [1.54, 1.807) is 11.8 Å². The van der Waals surface area contributed by atoms with Gasteiger partial charge in [-0.1, -0.05) is 18.2 Å². The van der Waals surface area contributed by atoms with Gasteiger partial charge in [0.2, 0.25) is 0 Å². The average molecular weight is 355 g/mol. The second kappa shape index (κ2) is 6.30. The molecule has 0 fully saturated rings. The van der Waals surface area contributed by atoms with Crippen molar-refractivity contribution in [2.24, 2.45) is 0 Å². The van der Waals surface area contributed by atoms with Gasteiger partial charge in [-0.3, -0.25) is 4.79 Å². The molecule has 0 unspecified atom stereocenters. The Morgan fingerprint density at radius 3 is 2.84 bits per heavy atom. The fraction of sp³-hybridized carbons (Fsp3) is 0.400. The lowest BCUT2D eigenvalue weighted by molar-refractivity contribution is -0.126. The molecule has 4 rings (SSSR count). The molecule has 1 aliphatic carbocycles. The van der Waals surface area contributed by atoms with Gasteiger partial charge in [0.1, 0.15) is 4.88 Å². The molecule has 0 saturated carbocycles. The van der Waals surface area contributed by atoms with Crippen LogP contribution in [0.5, 0.6) is 0 Å². The van der Waals surface area contributed by atoms with Gasteiger partial charge >= 0.3 is 5.97 Å². The van der Waals surface area contributed by atoms with E-state index >= 15 is 0 Å². The molecule has 130 valence electrons. The molecular formula is C20H21NO3S. The number of hydrogen-bond donors (Lipinski definition) is 0. The van der Waals surface area contributed by atoms with Gasteiger partial charge in [-0.05, 0) is 62.8 Å². The van der Waals surface area contributed by atoms with Crippen LogP contribution in [-0.2, 0) is 28.8 Å². The molecule has 0 bridgehead atoms. The maximum absolute atomic E-state index is 12.9. The number of ether oxygens (including phenoxy) is 1. The number of para-hydroxylation sites is 1. The highest BCUT2D eigenvalue weighted by molar-refractivity contribution is 7.14. The number of fused-ring (bicyclic) bond motifs is 2. The predicted octanol–water partition coefficient (Wildman–Crippen LogP) is 3.76. The first-order valence-corrected chi connectivity index (χ1v) is 9.60. The Labute approximate surface area is 151 Å². The minimum absolute atomic E-state index is 0.0802. The summed E-state index contributed by atoms with van der Waals surface area (Å²) >= 11 is 1.51. The zero-order chi connectivity index (χ0) is 17.6. The van der Waals surface area contributed by atoms with Gasteiger partial charge in [-0.15, -0.1) is 11.3 Å². The Bertz CT molecular complexity index is 820. The van der Waals surface area contributed by atoms with Gasteiger partial charge in [-0.2, -0.15) is 0 Å². The van der Waals surface area contributed by atoms with Crippen LogP contribution < -0.4 is 4.90 Å². The van der Waals surface area contributed by atoms with Crippen LogP contribution in [0.1, 0.15) is 45.9 Å². The van der Waals surface area contributed by atoms with Gasteiger partial charge in [-0.25, -0.2) is 4.79 Å². The number of thiophene rings is 1. The molecule has 1 aromatic carbocycles. The Balaban J connectivity index is 1.48. The molecular weight excluding hydrogens is 334 g/mol. The van der Waals surface area contributed by atoms with Crippen molar-refractivity contribution in [3.05, 3.63) is 51.2 Å². The second-order valence-corrected chi connectivity index (χ2v) is 7.99. The van der Waals surface area contributed by atoms with Crippen LogP contribution >= 0.6 is 11.3 Å². The first-order chi connectivity index (χ1) is 12.0. The summed E-state index contributed by atoms with van der Waals surface area (Å²) in [5.41, 5.74) is 3.35. The Morgan fingerprint density at radius 1 is 1.24 bits per heavy atom. The highest BCUT2D eigenvalue weighted by atomic mass is 32.1. The second-order valence-electron chi connectivity index (χ2n) is 6.85. The number of aryl methyl sites for hydroxylation is 2. The quantitative estimate of drug-likeness (QED) is 0.788. The van der Waals surface area contributed by atoms with E-state index in [0.717, 1.165) is 36.9 Å². The zero-order valence-corrected chi connectivity index (χ0v) is 15.3. The van der Waals surface area contributed by atoms with E-state index in [0.29, 0.717) is 4.88 Å². The molecule has 2 aliphatic rings. The number of carbonyl (C=O) groups excluding carboxylic acids is 2. The van der Waals surface area contributed by atoms with Crippen LogP contribution in [0, 0.1) is 0 Å². The first kappa shape index (κ1) is 16.3. The van der Waals surface area contributed by atoms with Crippen LogP contribution in [0.15, 0.2) is 30.3 Å². The molecule has 2 aromatic rings. The highest BCUT2D eigenvalue weighted by Gasteiger charge is 2.34. The standard InChI is InChI=1S/C20H21NO3S/c1-12-10-14-6-3-4-8-16(14)21(12)19(22)13(2)24-20(23)18-11-15-7-5-9-17(15)25-18/h3-4,6,8,11-13H,5,7,9-10H2,1-2H3/t12-,13+/m0/s1. The summed E-state index contributed by atoms with van der Waals surface area (Å²) in [6.07, 6.45) is 3.29. The van der Waals surface area contributed by atoms with Crippen molar-refractivity contribution in [3.63, 3.8) is 0 Å². The number of rotatable bonds is 3. The number of nitrogens with zero attached hydrogens (tertiary/aromatic N) is 1.